The minimum atomic E-state index is -0.459. The lowest BCUT2D eigenvalue weighted by molar-refractivity contribution is -0.0471. The molecule has 4 heteroatoms. The fraction of sp³-hybridized carbons (Fsp3) is 0.684. The molecule has 5 atom stereocenters. The first-order chi connectivity index (χ1) is 11.1. The first-order valence-corrected chi connectivity index (χ1v) is 8.70. The van der Waals surface area contributed by atoms with Gasteiger partial charge >= 0.3 is 0 Å². The molecular formula is C19H28O4. The Kier molecular flexibility index (Phi) is 4.95. The number of para-hydroxylation sites is 1. The van der Waals surface area contributed by atoms with Crippen molar-refractivity contribution in [3.63, 3.8) is 0 Å². The number of fused-ring (bicyclic) bond motifs is 1. The predicted molar refractivity (Wildman–Crippen MR) is 88.4 cm³/mol. The highest BCUT2D eigenvalue weighted by Crippen LogP contribution is 2.51. The van der Waals surface area contributed by atoms with Gasteiger partial charge in [-0.05, 0) is 50.0 Å². The third kappa shape index (κ3) is 3.39. The lowest BCUT2D eigenvalue weighted by atomic mass is 9.95. The van der Waals surface area contributed by atoms with Gasteiger partial charge in [-0.2, -0.15) is 0 Å². The Balaban J connectivity index is 1.64. The van der Waals surface area contributed by atoms with Crippen LogP contribution >= 0.6 is 0 Å². The average Bonchev–Trinajstić information content (AvgIpc) is 3.07. The van der Waals surface area contributed by atoms with Crippen molar-refractivity contribution in [2.75, 3.05) is 13.7 Å². The van der Waals surface area contributed by atoms with Gasteiger partial charge in [0.05, 0.1) is 25.4 Å². The highest BCUT2D eigenvalue weighted by Gasteiger charge is 2.48. The summed E-state index contributed by atoms with van der Waals surface area (Å²) in [5, 5.41) is 20.2. The Bertz CT molecular complexity index is 516. The second-order valence-electron chi connectivity index (χ2n) is 7.15. The van der Waals surface area contributed by atoms with Crippen LogP contribution in [-0.4, -0.2) is 35.6 Å². The summed E-state index contributed by atoms with van der Waals surface area (Å²) >= 11 is 0. The lowest BCUT2D eigenvalue weighted by Crippen LogP contribution is -2.26. The molecule has 128 valence electrons. The quantitative estimate of drug-likeness (QED) is 0.846. The highest BCUT2D eigenvalue weighted by atomic mass is 16.5. The smallest absolute Gasteiger partial charge is 0.124 e. The average molecular weight is 320 g/mol. The number of aliphatic hydroxyl groups excluding tert-OH is 1. The van der Waals surface area contributed by atoms with E-state index in [1.807, 2.05) is 24.3 Å². The molecule has 1 aromatic rings. The monoisotopic (exact) mass is 320 g/mol. The molecule has 23 heavy (non-hydrogen) atoms. The van der Waals surface area contributed by atoms with Gasteiger partial charge in [-0.15, -0.1) is 0 Å². The van der Waals surface area contributed by atoms with Crippen LogP contribution in [0.25, 0.3) is 0 Å². The Morgan fingerprint density at radius 2 is 1.87 bits per heavy atom. The molecule has 0 aliphatic heterocycles. The van der Waals surface area contributed by atoms with Gasteiger partial charge in [0.15, 0.2) is 0 Å². The molecular weight excluding hydrogens is 292 g/mol. The van der Waals surface area contributed by atoms with Crippen LogP contribution in [0, 0.1) is 11.8 Å². The second kappa shape index (κ2) is 6.80. The number of benzene rings is 1. The van der Waals surface area contributed by atoms with Crippen molar-refractivity contribution in [2.24, 2.45) is 11.8 Å². The Morgan fingerprint density at radius 1 is 1.22 bits per heavy atom. The molecule has 0 heterocycles. The van der Waals surface area contributed by atoms with E-state index in [0.29, 0.717) is 11.8 Å². The van der Waals surface area contributed by atoms with Gasteiger partial charge in [-0.3, -0.25) is 0 Å². The Morgan fingerprint density at radius 3 is 2.43 bits per heavy atom. The van der Waals surface area contributed by atoms with E-state index in [9.17, 15) is 10.2 Å². The maximum absolute atomic E-state index is 10.5. The van der Waals surface area contributed by atoms with Gasteiger partial charge in [-0.1, -0.05) is 25.1 Å². The van der Waals surface area contributed by atoms with Crippen LogP contribution in [0.5, 0.6) is 5.75 Å². The van der Waals surface area contributed by atoms with Crippen LogP contribution < -0.4 is 4.74 Å². The topological polar surface area (TPSA) is 58.9 Å². The van der Waals surface area contributed by atoms with E-state index in [0.717, 1.165) is 43.4 Å². The summed E-state index contributed by atoms with van der Waals surface area (Å²) in [6.45, 7) is 2.02. The van der Waals surface area contributed by atoms with Crippen molar-refractivity contribution in [1.29, 1.82) is 0 Å². The molecule has 0 amide bonds. The van der Waals surface area contributed by atoms with Crippen molar-refractivity contribution in [3.05, 3.63) is 29.8 Å². The van der Waals surface area contributed by atoms with Gasteiger partial charge in [0.1, 0.15) is 11.9 Å². The summed E-state index contributed by atoms with van der Waals surface area (Å²) in [6.07, 6.45) is 4.41. The molecule has 3 rings (SSSR count). The van der Waals surface area contributed by atoms with Crippen LogP contribution in [0.1, 0.15) is 50.7 Å². The summed E-state index contributed by atoms with van der Waals surface area (Å²) in [6, 6.07) is 7.70. The third-order valence-corrected chi connectivity index (χ3v) is 5.75. The molecule has 0 bridgehead atoms. The fourth-order valence-corrected chi connectivity index (χ4v) is 4.50. The normalized spacial score (nSPS) is 34.3. The van der Waals surface area contributed by atoms with Gasteiger partial charge < -0.3 is 19.7 Å². The third-order valence-electron chi connectivity index (χ3n) is 5.75. The van der Waals surface area contributed by atoms with E-state index in [1.165, 1.54) is 0 Å². The van der Waals surface area contributed by atoms with Crippen molar-refractivity contribution in [2.45, 2.75) is 56.8 Å². The van der Waals surface area contributed by atoms with E-state index in [4.69, 9.17) is 9.47 Å². The SMILES string of the molecule is CCC1(O)C[C@H]2CC(OC(CO)c3ccccc3OC)C[C@H]2C1. The van der Waals surface area contributed by atoms with E-state index in [1.54, 1.807) is 7.11 Å². The number of hydrogen-bond donors (Lipinski definition) is 2. The molecule has 2 aliphatic carbocycles. The zero-order valence-corrected chi connectivity index (χ0v) is 14.1. The van der Waals surface area contributed by atoms with E-state index < -0.39 is 5.60 Å². The lowest BCUT2D eigenvalue weighted by Gasteiger charge is -2.25. The number of aliphatic hydroxyl groups is 2. The highest BCUT2D eigenvalue weighted by molar-refractivity contribution is 5.35. The van der Waals surface area contributed by atoms with Crippen molar-refractivity contribution in [1.82, 2.24) is 0 Å². The first kappa shape index (κ1) is 16.7. The van der Waals surface area contributed by atoms with Crippen LogP contribution in [0.2, 0.25) is 0 Å². The molecule has 0 saturated heterocycles. The summed E-state index contributed by atoms with van der Waals surface area (Å²) < 4.78 is 11.6. The van der Waals surface area contributed by atoms with E-state index in [-0.39, 0.29) is 18.8 Å². The molecule has 2 N–H and O–H groups in total. The summed E-state index contributed by atoms with van der Waals surface area (Å²) in [5.74, 6) is 1.87. The van der Waals surface area contributed by atoms with Gasteiger partial charge in [0.2, 0.25) is 0 Å². The maximum atomic E-state index is 10.5. The fourth-order valence-electron chi connectivity index (χ4n) is 4.50. The van der Waals surface area contributed by atoms with Crippen molar-refractivity contribution >= 4 is 0 Å². The van der Waals surface area contributed by atoms with E-state index in [2.05, 4.69) is 6.92 Å². The zero-order chi connectivity index (χ0) is 16.4. The summed E-state index contributed by atoms with van der Waals surface area (Å²) in [4.78, 5) is 0. The molecule has 0 radical (unpaired) electrons. The second-order valence-corrected chi connectivity index (χ2v) is 7.15. The van der Waals surface area contributed by atoms with Gasteiger partial charge in [0, 0.05) is 5.56 Å². The summed E-state index contributed by atoms with van der Waals surface area (Å²) in [7, 11) is 1.64. The predicted octanol–water partition coefficient (Wildman–Crippen LogP) is 3.07. The largest absolute Gasteiger partial charge is 0.496 e. The standard InChI is InChI=1S/C19H28O4/c1-3-19(21)10-13-8-15(9-14(13)11-19)23-18(12-20)16-6-4-5-7-17(16)22-2/h4-7,13-15,18,20-21H,3,8-12H2,1-2H3/t13-,14+,15?,18?,19?. The van der Waals surface area contributed by atoms with Gasteiger partial charge in [0.25, 0.3) is 0 Å². The molecule has 0 aromatic heterocycles. The van der Waals surface area contributed by atoms with Crippen molar-refractivity contribution < 1.29 is 19.7 Å². The van der Waals surface area contributed by atoms with Crippen LogP contribution in [0.15, 0.2) is 24.3 Å². The molecule has 0 spiro atoms. The van der Waals surface area contributed by atoms with Gasteiger partial charge in [-0.25, -0.2) is 0 Å². The van der Waals surface area contributed by atoms with Crippen molar-refractivity contribution in [3.8, 4) is 5.75 Å². The Labute approximate surface area is 138 Å². The minimum Gasteiger partial charge on any atom is -0.496 e. The number of rotatable bonds is 6. The molecule has 2 fully saturated rings. The number of hydrogen-bond acceptors (Lipinski definition) is 4. The molecule has 2 saturated carbocycles. The first-order valence-electron chi connectivity index (χ1n) is 8.70. The molecule has 4 nitrogen and oxygen atoms in total. The zero-order valence-electron chi connectivity index (χ0n) is 14.1. The molecule has 2 aliphatic rings. The number of methoxy groups -OCH3 is 1. The molecule has 1 aromatic carbocycles. The maximum Gasteiger partial charge on any atom is 0.124 e. The minimum absolute atomic E-state index is 0.0505. The summed E-state index contributed by atoms with van der Waals surface area (Å²) in [5.41, 5.74) is 0.443. The molecule has 3 unspecified atom stereocenters. The van der Waals surface area contributed by atoms with Crippen LogP contribution in [0.4, 0.5) is 0 Å². The Hall–Kier alpha value is -1.10. The van der Waals surface area contributed by atoms with Crippen LogP contribution in [0.3, 0.4) is 0 Å². The van der Waals surface area contributed by atoms with E-state index >= 15 is 0 Å². The van der Waals surface area contributed by atoms with Crippen LogP contribution in [-0.2, 0) is 4.74 Å². The number of ether oxygens (including phenoxy) is 2.